The van der Waals surface area contributed by atoms with Crippen LogP contribution in [-0.4, -0.2) is 35.2 Å². The van der Waals surface area contributed by atoms with E-state index in [2.05, 4.69) is 30.7 Å². The van der Waals surface area contributed by atoms with Crippen molar-refractivity contribution in [1.82, 2.24) is 35.2 Å². The summed E-state index contributed by atoms with van der Waals surface area (Å²) in [6.45, 7) is 5.79. The Morgan fingerprint density at radius 1 is 1.27 bits per heavy atom. The van der Waals surface area contributed by atoms with Crippen LogP contribution in [0.25, 0.3) is 15.5 Å². The number of rotatable bonds is 3. The number of aryl methyl sites for hydroxylation is 3. The highest BCUT2D eigenvalue weighted by Gasteiger charge is 2.18. The second-order valence-electron chi connectivity index (χ2n) is 5.11. The quantitative estimate of drug-likeness (QED) is 0.621. The van der Waals surface area contributed by atoms with E-state index in [1.807, 2.05) is 20.8 Å². The molecule has 0 unspecified atom stereocenters. The summed E-state index contributed by atoms with van der Waals surface area (Å²) in [6, 6.07) is 0. The van der Waals surface area contributed by atoms with Gasteiger partial charge in [0, 0.05) is 17.7 Å². The van der Waals surface area contributed by atoms with Gasteiger partial charge >= 0.3 is 0 Å². The van der Waals surface area contributed by atoms with Crippen LogP contribution in [0.15, 0.2) is 10.7 Å². The second kappa shape index (κ2) is 4.73. The van der Waals surface area contributed by atoms with E-state index in [0.29, 0.717) is 6.42 Å². The molecule has 0 saturated carbocycles. The predicted molar refractivity (Wildman–Crippen MR) is 79.8 cm³/mol. The number of nitrogens with one attached hydrogen (secondary N) is 1. The van der Waals surface area contributed by atoms with E-state index in [1.165, 1.54) is 11.3 Å². The Hall–Kier alpha value is -2.55. The smallest absolute Gasteiger partial charge is 0.234 e. The molecular weight excluding hydrogens is 302 g/mol. The number of hydrogen-bond acceptors (Lipinski definition) is 7. The lowest BCUT2D eigenvalue weighted by molar-refractivity contribution is 0.392. The minimum absolute atomic E-state index is 0.593. The van der Waals surface area contributed by atoms with Crippen LogP contribution in [0.3, 0.4) is 0 Å². The monoisotopic (exact) mass is 315 g/mol. The molecule has 0 amide bonds. The first-order valence-electron chi connectivity index (χ1n) is 6.76. The second-order valence-corrected chi connectivity index (χ2v) is 6.06. The van der Waals surface area contributed by atoms with Gasteiger partial charge in [0.2, 0.25) is 4.96 Å². The highest BCUT2D eigenvalue weighted by Crippen LogP contribution is 2.27. The number of hydrogen-bond donors (Lipinski definition) is 1. The maximum Gasteiger partial charge on any atom is 0.234 e. The van der Waals surface area contributed by atoms with Gasteiger partial charge in [0.25, 0.3) is 0 Å². The molecule has 22 heavy (non-hydrogen) atoms. The largest absolute Gasteiger partial charge is 0.361 e. The Balaban J connectivity index is 1.77. The van der Waals surface area contributed by atoms with Gasteiger partial charge in [-0.3, -0.25) is 5.10 Å². The zero-order chi connectivity index (χ0) is 15.3. The first-order valence-corrected chi connectivity index (χ1v) is 7.58. The molecule has 0 fully saturated rings. The minimum atomic E-state index is 0.593. The molecule has 0 atom stereocenters. The lowest BCUT2D eigenvalue weighted by Crippen LogP contribution is -1.99. The van der Waals surface area contributed by atoms with Crippen LogP contribution in [-0.2, 0) is 6.42 Å². The third kappa shape index (κ3) is 1.93. The van der Waals surface area contributed by atoms with Gasteiger partial charge in [-0.15, -0.1) is 10.2 Å². The molecule has 9 heteroatoms. The Bertz CT molecular complexity index is 941. The standard InChI is InChI=1S/C13H13N7OS/c1-6-10(5-14-15-6)12-18-20-11(16-17-13(20)22-12)4-9-7(2)19-21-8(9)3/h5H,4H2,1-3H3,(H,14,15). The van der Waals surface area contributed by atoms with E-state index in [4.69, 9.17) is 4.52 Å². The maximum absolute atomic E-state index is 5.20. The first-order chi connectivity index (χ1) is 10.6. The van der Waals surface area contributed by atoms with Crippen molar-refractivity contribution in [3.05, 3.63) is 34.7 Å². The van der Waals surface area contributed by atoms with Crippen molar-refractivity contribution >= 4 is 16.3 Å². The van der Waals surface area contributed by atoms with Crippen LogP contribution in [0, 0.1) is 20.8 Å². The molecule has 112 valence electrons. The molecule has 8 nitrogen and oxygen atoms in total. The number of H-pyrrole nitrogens is 1. The number of aromatic nitrogens is 7. The Labute approximate surface area is 129 Å². The van der Waals surface area contributed by atoms with E-state index in [0.717, 1.165) is 44.1 Å². The summed E-state index contributed by atoms with van der Waals surface area (Å²) >= 11 is 1.49. The van der Waals surface area contributed by atoms with Crippen molar-refractivity contribution in [3.8, 4) is 10.6 Å². The number of aromatic amines is 1. The minimum Gasteiger partial charge on any atom is -0.361 e. The molecule has 0 spiro atoms. The lowest BCUT2D eigenvalue weighted by Gasteiger charge is -1.96. The van der Waals surface area contributed by atoms with Crippen molar-refractivity contribution in [1.29, 1.82) is 0 Å². The van der Waals surface area contributed by atoms with Crippen molar-refractivity contribution in [2.75, 3.05) is 0 Å². The molecule has 0 aromatic carbocycles. The molecule has 4 rings (SSSR count). The molecule has 4 aromatic heterocycles. The average molecular weight is 315 g/mol. The van der Waals surface area contributed by atoms with Gasteiger partial charge in [-0.1, -0.05) is 16.5 Å². The predicted octanol–water partition coefficient (Wildman–Crippen LogP) is 2.08. The van der Waals surface area contributed by atoms with Crippen LogP contribution in [0.1, 0.15) is 28.5 Å². The SMILES string of the molecule is Cc1noc(C)c1Cc1nnc2sc(-c3cn[nH]c3C)nn12. The third-order valence-corrected chi connectivity index (χ3v) is 4.56. The molecule has 4 heterocycles. The summed E-state index contributed by atoms with van der Waals surface area (Å²) in [5.41, 5.74) is 3.87. The molecular formula is C13H13N7OS. The zero-order valence-corrected chi connectivity index (χ0v) is 13.1. The summed E-state index contributed by atoms with van der Waals surface area (Å²) < 4.78 is 6.97. The highest BCUT2D eigenvalue weighted by atomic mass is 32.1. The lowest BCUT2D eigenvalue weighted by atomic mass is 10.1. The maximum atomic E-state index is 5.20. The molecule has 1 N–H and O–H groups in total. The van der Waals surface area contributed by atoms with Crippen LogP contribution in [0.4, 0.5) is 0 Å². The van der Waals surface area contributed by atoms with Crippen molar-refractivity contribution < 1.29 is 4.52 Å². The molecule has 0 aliphatic heterocycles. The zero-order valence-electron chi connectivity index (χ0n) is 12.3. The van der Waals surface area contributed by atoms with Crippen molar-refractivity contribution in [2.24, 2.45) is 0 Å². The van der Waals surface area contributed by atoms with Gasteiger partial charge in [-0.25, -0.2) is 0 Å². The summed E-state index contributed by atoms with van der Waals surface area (Å²) in [4.78, 5) is 0.761. The fraction of sp³-hybridized carbons (Fsp3) is 0.308. The third-order valence-electron chi connectivity index (χ3n) is 3.63. The average Bonchev–Trinajstić information content (AvgIpc) is 3.21. The highest BCUT2D eigenvalue weighted by molar-refractivity contribution is 7.19. The van der Waals surface area contributed by atoms with Gasteiger partial charge in [-0.05, 0) is 20.8 Å². The summed E-state index contributed by atoms with van der Waals surface area (Å²) in [5.74, 6) is 1.57. The topological polar surface area (TPSA) is 97.8 Å². The van der Waals surface area contributed by atoms with Crippen LogP contribution in [0.2, 0.25) is 0 Å². The van der Waals surface area contributed by atoms with Crippen LogP contribution < -0.4 is 0 Å². The van der Waals surface area contributed by atoms with Crippen LogP contribution in [0.5, 0.6) is 0 Å². The molecule has 0 aliphatic rings. The number of nitrogens with zero attached hydrogens (tertiary/aromatic N) is 6. The summed E-state index contributed by atoms with van der Waals surface area (Å²) in [7, 11) is 0. The van der Waals surface area contributed by atoms with E-state index >= 15 is 0 Å². The summed E-state index contributed by atoms with van der Waals surface area (Å²) in [6.07, 6.45) is 2.37. The molecule has 0 aliphatic carbocycles. The molecule has 0 saturated heterocycles. The van der Waals surface area contributed by atoms with Crippen molar-refractivity contribution in [3.63, 3.8) is 0 Å². The van der Waals surface area contributed by atoms with Gasteiger partial charge in [0.1, 0.15) is 5.76 Å². The van der Waals surface area contributed by atoms with Gasteiger partial charge < -0.3 is 4.52 Å². The van der Waals surface area contributed by atoms with E-state index in [1.54, 1.807) is 10.7 Å². The first kappa shape index (κ1) is 13.1. The van der Waals surface area contributed by atoms with E-state index in [-0.39, 0.29) is 0 Å². The normalized spacial score (nSPS) is 11.6. The van der Waals surface area contributed by atoms with E-state index < -0.39 is 0 Å². The summed E-state index contributed by atoms with van der Waals surface area (Å²) in [5, 5.41) is 24.8. The van der Waals surface area contributed by atoms with E-state index in [9.17, 15) is 0 Å². The fourth-order valence-electron chi connectivity index (χ4n) is 2.36. The fourth-order valence-corrected chi connectivity index (χ4v) is 3.28. The van der Waals surface area contributed by atoms with Crippen molar-refractivity contribution in [2.45, 2.75) is 27.2 Å². The van der Waals surface area contributed by atoms with Gasteiger partial charge in [-0.2, -0.15) is 14.7 Å². The molecule has 4 aromatic rings. The Kier molecular flexibility index (Phi) is 2.83. The number of fused-ring (bicyclic) bond motifs is 1. The Morgan fingerprint density at radius 3 is 2.82 bits per heavy atom. The van der Waals surface area contributed by atoms with Gasteiger partial charge in [0.05, 0.1) is 17.5 Å². The van der Waals surface area contributed by atoms with Gasteiger partial charge in [0.15, 0.2) is 10.8 Å². The van der Waals surface area contributed by atoms with Crippen LogP contribution >= 0.6 is 11.3 Å². The molecule has 0 radical (unpaired) electrons. The molecule has 0 bridgehead atoms. The Morgan fingerprint density at radius 2 is 2.14 bits per heavy atom.